The summed E-state index contributed by atoms with van der Waals surface area (Å²) in [5.74, 6) is 0.814. The van der Waals surface area contributed by atoms with Gasteiger partial charge in [-0.15, -0.1) is 0 Å². The van der Waals surface area contributed by atoms with Gasteiger partial charge in [-0.3, -0.25) is 0 Å². The Bertz CT molecular complexity index is 624. The smallest absolute Gasteiger partial charge is 0.374 e. The Hall–Kier alpha value is -1.50. The molecule has 0 radical (unpaired) electrons. The predicted octanol–water partition coefficient (Wildman–Crippen LogP) is 3.51. The Morgan fingerprint density at radius 1 is 0.905 bits per heavy atom. The normalized spacial score (nSPS) is 13.9. The van der Waals surface area contributed by atoms with Crippen molar-refractivity contribution in [3.63, 3.8) is 0 Å². The highest BCUT2D eigenvalue weighted by atomic mass is 32.3. The Kier molecular flexibility index (Phi) is 5.67. The van der Waals surface area contributed by atoms with Crippen LogP contribution in [0.1, 0.15) is 25.3 Å². The van der Waals surface area contributed by atoms with E-state index in [1.807, 2.05) is 12.1 Å². The van der Waals surface area contributed by atoms with Crippen LogP contribution in [0.5, 0.6) is 5.75 Å². The summed E-state index contributed by atoms with van der Waals surface area (Å²) in [7, 11) is 0. The van der Waals surface area contributed by atoms with E-state index in [4.69, 9.17) is 7.81 Å². The van der Waals surface area contributed by atoms with Gasteiger partial charge in [-0.25, -0.2) is 4.21 Å². The van der Waals surface area contributed by atoms with Crippen LogP contribution in [0.2, 0.25) is 0 Å². The zero-order valence-electron chi connectivity index (χ0n) is 11.7. The van der Waals surface area contributed by atoms with Crippen LogP contribution in [0.3, 0.4) is 0 Å². The zero-order chi connectivity index (χ0) is 15.2. The zero-order valence-corrected chi connectivity index (χ0v) is 13.4. The fraction of sp³-hybridized carbons (Fsp3) is 0.200. The van der Waals surface area contributed by atoms with Gasteiger partial charge in [0.2, 0.25) is 11.1 Å². The molecule has 0 bridgehead atoms. The molecule has 2 atom stereocenters. The average Bonchev–Trinajstić information content (AvgIpc) is 2.48. The lowest BCUT2D eigenvalue weighted by Crippen LogP contribution is -2.07. The molecular formula is C15H16O4S2. The molecule has 0 saturated heterocycles. The van der Waals surface area contributed by atoms with Gasteiger partial charge in [-0.1, -0.05) is 44.2 Å². The third-order valence-electron chi connectivity index (χ3n) is 2.76. The molecule has 2 rings (SSSR count). The van der Waals surface area contributed by atoms with Gasteiger partial charge >= 0.3 is 11.4 Å². The molecule has 2 unspecified atom stereocenters. The van der Waals surface area contributed by atoms with Crippen LogP contribution in [0.25, 0.3) is 0 Å². The van der Waals surface area contributed by atoms with Gasteiger partial charge in [0.25, 0.3) is 0 Å². The fourth-order valence-corrected chi connectivity index (χ4v) is 3.10. The molecule has 0 aliphatic rings. The van der Waals surface area contributed by atoms with E-state index in [0.29, 0.717) is 16.6 Å². The molecule has 2 aromatic rings. The summed E-state index contributed by atoms with van der Waals surface area (Å²) in [6.07, 6.45) is 0. The lowest BCUT2D eigenvalue weighted by Gasteiger charge is -2.07. The summed E-state index contributed by atoms with van der Waals surface area (Å²) in [5, 5.41) is 0. The van der Waals surface area contributed by atoms with E-state index < -0.39 is 22.4 Å². The van der Waals surface area contributed by atoms with E-state index in [2.05, 4.69) is 13.8 Å². The van der Waals surface area contributed by atoms with Crippen LogP contribution >= 0.6 is 0 Å². The summed E-state index contributed by atoms with van der Waals surface area (Å²) in [6.45, 7) is 4.17. The SMILES string of the molecule is CC(C)c1ccc(OS(=O)OS(=O)c2ccccc2)cc1. The van der Waals surface area contributed by atoms with Gasteiger partial charge in [-0.05, 0) is 35.7 Å². The molecule has 6 heteroatoms. The highest BCUT2D eigenvalue weighted by Gasteiger charge is 2.12. The van der Waals surface area contributed by atoms with Crippen molar-refractivity contribution in [2.75, 3.05) is 0 Å². The van der Waals surface area contributed by atoms with Crippen molar-refractivity contribution in [2.24, 2.45) is 0 Å². The second-order valence-electron chi connectivity index (χ2n) is 4.63. The van der Waals surface area contributed by atoms with E-state index in [-0.39, 0.29) is 0 Å². The van der Waals surface area contributed by atoms with Crippen LogP contribution in [0, 0.1) is 0 Å². The van der Waals surface area contributed by atoms with Crippen molar-refractivity contribution >= 4 is 22.4 Å². The summed E-state index contributed by atoms with van der Waals surface area (Å²) < 4.78 is 33.4. The lowest BCUT2D eigenvalue weighted by atomic mass is 10.0. The Balaban J connectivity index is 1.94. The first-order valence-electron chi connectivity index (χ1n) is 6.42. The lowest BCUT2D eigenvalue weighted by molar-refractivity contribution is 0.473. The first-order chi connectivity index (χ1) is 10.1. The highest BCUT2D eigenvalue weighted by molar-refractivity contribution is 7.91. The molecule has 112 valence electrons. The molecule has 0 fully saturated rings. The van der Waals surface area contributed by atoms with Crippen molar-refractivity contribution in [1.29, 1.82) is 0 Å². The van der Waals surface area contributed by atoms with Crippen LogP contribution in [-0.2, 0) is 26.1 Å². The van der Waals surface area contributed by atoms with Gasteiger partial charge in [0.05, 0.1) is 4.90 Å². The Morgan fingerprint density at radius 2 is 1.52 bits per heavy atom. The van der Waals surface area contributed by atoms with Crippen molar-refractivity contribution < 1.29 is 16.2 Å². The molecule has 0 aliphatic carbocycles. The van der Waals surface area contributed by atoms with Gasteiger partial charge in [0.15, 0.2) is 0 Å². The number of benzene rings is 2. The number of hydrogen-bond donors (Lipinski definition) is 0. The average molecular weight is 324 g/mol. The predicted molar refractivity (Wildman–Crippen MR) is 83.2 cm³/mol. The van der Waals surface area contributed by atoms with Crippen molar-refractivity contribution in [3.05, 3.63) is 60.2 Å². The van der Waals surface area contributed by atoms with Gasteiger partial charge in [0, 0.05) is 0 Å². The third kappa shape index (κ3) is 4.77. The quantitative estimate of drug-likeness (QED) is 0.816. The Morgan fingerprint density at radius 3 is 2.10 bits per heavy atom. The third-order valence-corrected chi connectivity index (χ3v) is 4.69. The van der Waals surface area contributed by atoms with Crippen LogP contribution in [0.15, 0.2) is 59.5 Å². The van der Waals surface area contributed by atoms with Gasteiger partial charge in [0.1, 0.15) is 5.75 Å². The first-order valence-corrected chi connectivity index (χ1v) is 8.49. The maximum absolute atomic E-state index is 11.8. The molecular weight excluding hydrogens is 308 g/mol. The molecule has 2 aromatic carbocycles. The van der Waals surface area contributed by atoms with Gasteiger partial charge in [-0.2, -0.15) is 7.84 Å². The molecule has 0 spiro atoms. The topological polar surface area (TPSA) is 52.6 Å². The maximum atomic E-state index is 11.8. The Labute approximate surface area is 129 Å². The summed E-state index contributed by atoms with van der Waals surface area (Å²) in [6, 6.07) is 15.7. The van der Waals surface area contributed by atoms with Crippen molar-refractivity contribution in [2.45, 2.75) is 24.7 Å². The molecule has 0 saturated carbocycles. The molecule has 0 heterocycles. The maximum Gasteiger partial charge on any atom is 0.374 e. The number of rotatable bonds is 6. The summed E-state index contributed by atoms with van der Waals surface area (Å²) in [4.78, 5) is 0.435. The summed E-state index contributed by atoms with van der Waals surface area (Å²) >= 11 is -3.94. The minimum Gasteiger partial charge on any atom is -0.379 e. The largest absolute Gasteiger partial charge is 0.379 e. The molecule has 0 aliphatic heterocycles. The highest BCUT2D eigenvalue weighted by Crippen LogP contribution is 2.19. The minimum absolute atomic E-state index is 0.405. The van der Waals surface area contributed by atoms with Crippen molar-refractivity contribution in [1.82, 2.24) is 0 Å². The van der Waals surface area contributed by atoms with E-state index >= 15 is 0 Å². The van der Waals surface area contributed by atoms with Crippen LogP contribution in [0.4, 0.5) is 0 Å². The molecule has 0 amide bonds. The monoisotopic (exact) mass is 324 g/mol. The second kappa shape index (κ2) is 7.49. The van der Waals surface area contributed by atoms with E-state index in [1.165, 1.54) is 0 Å². The van der Waals surface area contributed by atoms with E-state index in [0.717, 1.165) is 5.56 Å². The van der Waals surface area contributed by atoms with E-state index in [9.17, 15) is 8.42 Å². The molecule has 0 N–H and O–H groups in total. The first kappa shape index (κ1) is 15.9. The fourth-order valence-electron chi connectivity index (χ4n) is 1.62. The van der Waals surface area contributed by atoms with Gasteiger partial charge < -0.3 is 4.18 Å². The molecule has 21 heavy (non-hydrogen) atoms. The molecule has 4 nitrogen and oxygen atoms in total. The number of hydrogen-bond acceptors (Lipinski definition) is 4. The van der Waals surface area contributed by atoms with Crippen molar-refractivity contribution in [3.8, 4) is 5.75 Å². The second-order valence-corrected chi connectivity index (χ2v) is 6.69. The minimum atomic E-state index is -2.12. The van der Waals surface area contributed by atoms with Crippen LogP contribution in [-0.4, -0.2) is 8.42 Å². The van der Waals surface area contributed by atoms with Crippen LogP contribution < -0.4 is 4.18 Å². The van der Waals surface area contributed by atoms with E-state index in [1.54, 1.807) is 42.5 Å². The summed E-state index contributed by atoms with van der Waals surface area (Å²) in [5.41, 5.74) is 1.15. The molecule has 0 aromatic heterocycles. The standard InChI is InChI=1S/C15H16O4S2/c1-12(2)13-8-10-14(11-9-13)18-21(17)19-20(16)15-6-4-3-5-7-15/h3-12H,1-2H3.